The van der Waals surface area contributed by atoms with Crippen molar-refractivity contribution in [2.45, 2.75) is 46.2 Å². The van der Waals surface area contributed by atoms with Crippen molar-refractivity contribution in [1.29, 1.82) is 0 Å². The Morgan fingerprint density at radius 3 is 2.45 bits per heavy atom. The molecule has 1 aromatic carbocycles. The number of phenols is 1. The highest BCUT2D eigenvalue weighted by Crippen LogP contribution is 2.25. The molecule has 112 valence electrons. The Hall–Kier alpha value is -1.55. The first kappa shape index (κ1) is 16.5. The van der Waals surface area contributed by atoms with Gasteiger partial charge in [0.25, 0.3) is 0 Å². The van der Waals surface area contributed by atoms with Gasteiger partial charge in [-0.05, 0) is 37.8 Å². The van der Waals surface area contributed by atoms with E-state index < -0.39 is 0 Å². The zero-order chi connectivity index (χ0) is 15.3. The Bertz CT molecular complexity index is 458. The summed E-state index contributed by atoms with van der Waals surface area (Å²) >= 11 is 0. The van der Waals surface area contributed by atoms with Crippen molar-refractivity contribution in [3.63, 3.8) is 0 Å². The lowest BCUT2D eigenvalue weighted by atomic mass is 9.99. The normalized spacial score (nSPS) is 14.1. The zero-order valence-electron chi connectivity index (χ0n) is 13.0. The van der Waals surface area contributed by atoms with Gasteiger partial charge >= 0.3 is 0 Å². The van der Waals surface area contributed by atoms with E-state index in [-0.39, 0.29) is 23.7 Å². The minimum Gasteiger partial charge on any atom is -0.508 e. The molecule has 4 nitrogen and oxygen atoms in total. The molecular formula is C16H26N2O2. The molecule has 0 saturated carbocycles. The molecule has 0 radical (unpaired) electrons. The number of phenolic OH excluding ortho intramolecular Hbond substituents is 1. The van der Waals surface area contributed by atoms with Crippen LogP contribution in [0.15, 0.2) is 18.2 Å². The Morgan fingerprint density at radius 2 is 1.95 bits per heavy atom. The SMILES string of the molecule is CNC(=O)C(CC(C)C)NC(C)c1ccc(C)cc1O. The first-order chi connectivity index (χ1) is 9.35. The summed E-state index contributed by atoms with van der Waals surface area (Å²) in [5.41, 5.74) is 1.83. The number of aromatic hydroxyl groups is 1. The fraction of sp³-hybridized carbons (Fsp3) is 0.562. The van der Waals surface area contributed by atoms with Crippen molar-refractivity contribution >= 4 is 5.91 Å². The van der Waals surface area contributed by atoms with E-state index in [0.29, 0.717) is 5.92 Å². The lowest BCUT2D eigenvalue weighted by Crippen LogP contribution is -2.44. The van der Waals surface area contributed by atoms with Gasteiger partial charge in [-0.1, -0.05) is 26.0 Å². The van der Waals surface area contributed by atoms with Gasteiger partial charge < -0.3 is 10.4 Å². The first-order valence-electron chi connectivity index (χ1n) is 7.12. The van der Waals surface area contributed by atoms with Crippen molar-refractivity contribution in [2.24, 2.45) is 5.92 Å². The minimum atomic E-state index is -0.254. The number of benzene rings is 1. The molecular weight excluding hydrogens is 252 g/mol. The van der Waals surface area contributed by atoms with E-state index in [1.165, 1.54) is 0 Å². The van der Waals surface area contributed by atoms with Crippen LogP contribution in [-0.2, 0) is 4.79 Å². The van der Waals surface area contributed by atoms with Crippen molar-refractivity contribution in [3.05, 3.63) is 29.3 Å². The van der Waals surface area contributed by atoms with Crippen LogP contribution < -0.4 is 10.6 Å². The molecule has 0 bridgehead atoms. The second-order valence-corrected chi connectivity index (χ2v) is 5.75. The lowest BCUT2D eigenvalue weighted by Gasteiger charge is -2.24. The third-order valence-electron chi connectivity index (χ3n) is 3.37. The zero-order valence-corrected chi connectivity index (χ0v) is 13.0. The summed E-state index contributed by atoms with van der Waals surface area (Å²) in [5.74, 6) is 0.672. The summed E-state index contributed by atoms with van der Waals surface area (Å²) in [7, 11) is 1.64. The topological polar surface area (TPSA) is 61.4 Å². The van der Waals surface area contributed by atoms with Gasteiger partial charge in [0.2, 0.25) is 5.91 Å². The van der Waals surface area contributed by atoms with Crippen LogP contribution in [0, 0.1) is 12.8 Å². The van der Waals surface area contributed by atoms with Gasteiger partial charge in [0.15, 0.2) is 0 Å². The monoisotopic (exact) mass is 278 g/mol. The molecule has 2 unspecified atom stereocenters. The number of rotatable bonds is 6. The van der Waals surface area contributed by atoms with E-state index in [9.17, 15) is 9.90 Å². The van der Waals surface area contributed by atoms with Crippen LogP contribution in [0.2, 0.25) is 0 Å². The van der Waals surface area contributed by atoms with Gasteiger partial charge in [-0.3, -0.25) is 10.1 Å². The molecule has 0 aliphatic heterocycles. The Morgan fingerprint density at radius 1 is 1.30 bits per heavy atom. The van der Waals surface area contributed by atoms with Crippen LogP contribution in [0.25, 0.3) is 0 Å². The van der Waals surface area contributed by atoms with Crippen LogP contribution >= 0.6 is 0 Å². The van der Waals surface area contributed by atoms with Crippen LogP contribution in [0.5, 0.6) is 5.75 Å². The maximum atomic E-state index is 11.9. The smallest absolute Gasteiger partial charge is 0.236 e. The molecule has 20 heavy (non-hydrogen) atoms. The third kappa shape index (κ3) is 4.53. The Labute approximate surface area is 121 Å². The van der Waals surface area contributed by atoms with Crippen LogP contribution in [0.4, 0.5) is 0 Å². The number of likely N-dealkylation sites (N-methyl/N-ethyl adjacent to an activating group) is 1. The first-order valence-corrected chi connectivity index (χ1v) is 7.12. The molecule has 0 aliphatic carbocycles. The number of carbonyl (C=O) groups is 1. The van der Waals surface area contributed by atoms with E-state index in [0.717, 1.165) is 17.5 Å². The average Bonchev–Trinajstić information content (AvgIpc) is 2.36. The second kappa shape index (κ2) is 7.29. The molecule has 0 aromatic heterocycles. The number of hydrogen-bond donors (Lipinski definition) is 3. The summed E-state index contributed by atoms with van der Waals surface area (Å²) in [5, 5.41) is 16.0. The number of aryl methyl sites for hydroxylation is 1. The summed E-state index contributed by atoms with van der Waals surface area (Å²) in [6.07, 6.45) is 0.761. The predicted molar refractivity (Wildman–Crippen MR) is 81.7 cm³/mol. The fourth-order valence-corrected chi connectivity index (χ4v) is 2.31. The average molecular weight is 278 g/mol. The maximum absolute atomic E-state index is 11.9. The number of carbonyl (C=O) groups excluding carboxylic acids is 1. The Kier molecular flexibility index (Phi) is 6.02. The highest BCUT2D eigenvalue weighted by molar-refractivity contribution is 5.81. The van der Waals surface area contributed by atoms with E-state index >= 15 is 0 Å². The van der Waals surface area contributed by atoms with Crippen molar-refractivity contribution < 1.29 is 9.90 Å². The number of nitrogens with one attached hydrogen (secondary N) is 2. The number of hydrogen-bond acceptors (Lipinski definition) is 3. The lowest BCUT2D eigenvalue weighted by molar-refractivity contribution is -0.123. The Balaban J connectivity index is 2.84. The molecule has 0 spiro atoms. The highest BCUT2D eigenvalue weighted by Gasteiger charge is 2.22. The van der Waals surface area contributed by atoms with Gasteiger partial charge in [-0.2, -0.15) is 0 Å². The van der Waals surface area contributed by atoms with Gasteiger partial charge in [0.05, 0.1) is 6.04 Å². The van der Waals surface area contributed by atoms with E-state index in [2.05, 4.69) is 24.5 Å². The van der Waals surface area contributed by atoms with Crippen molar-refractivity contribution in [2.75, 3.05) is 7.05 Å². The molecule has 3 N–H and O–H groups in total. The molecule has 0 fully saturated rings. The summed E-state index contributed by atoms with van der Waals surface area (Å²) in [6, 6.07) is 5.26. The molecule has 0 heterocycles. The van der Waals surface area contributed by atoms with E-state index in [1.54, 1.807) is 13.1 Å². The van der Waals surface area contributed by atoms with Gasteiger partial charge in [-0.25, -0.2) is 0 Å². The summed E-state index contributed by atoms with van der Waals surface area (Å²) in [4.78, 5) is 11.9. The standard InChI is InChI=1S/C16H26N2O2/c1-10(2)8-14(16(20)17-5)18-12(4)13-7-6-11(3)9-15(13)19/h6-7,9-10,12,14,18-19H,8H2,1-5H3,(H,17,20). The predicted octanol–water partition coefficient (Wildman–Crippen LogP) is 2.51. The highest BCUT2D eigenvalue weighted by atomic mass is 16.3. The van der Waals surface area contributed by atoms with Gasteiger partial charge in [0, 0.05) is 18.7 Å². The molecule has 0 aliphatic rings. The summed E-state index contributed by atoms with van der Waals surface area (Å²) in [6.45, 7) is 8.08. The van der Waals surface area contributed by atoms with Gasteiger partial charge in [0.1, 0.15) is 5.75 Å². The molecule has 1 rings (SSSR count). The maximum Gasteiger partial charge on any atom is 0.236 e. The molecule has 1 amide bonds. The van der Waals surface area contributed by atoms with Crippen LogP contribution in [0.1, 0.15) is 44.4 Å². The third-order valence-corrected chi connectivity index (χ3v) is 3.37. The molecule has 4 heteroatoms. The fourth-order valence-electron chi connectivity index (χ4n) is 2.31. The van der Waals surface area contributed by atoms with Crippen molar-refractivity contribution in [3.8, 4) is 5.75 Å². The van der Waals surface area contributed by atoms with E-state index in [1.807, 2.05) is 26.0 Å². The van der Waals surface area contributed by atoms with Crippen LogP contribution in [0.3, 0.4) is 0 Å². The number of amides is 1. The molecule has 0 saturated heterocycles. The largest absolute Gasteiger partial charge is 0.508 e. The second-order valence-electron chi connectivity index (χ2n) is 5.75. The molecule has 1 aromatic rings. The quantitative estimate of drug-likeness (QED) is 0.749. The minimum absolute atomic E-state index is 0.0165. The van der Waals surface area contributed by atoms with E-state index in [4.69, 9.17) is 0 Å². The van der Waals surface area contributed by atoms with Crippen LogP contribution in [-0.4, -0.2) is 24.1 Å². The molecule has 2 atom stereocenters. The van der Waals surface area contributed by atoms with Gasteiger partial charge in [-0.15, -0.1) is 0 Å². The van der Waals surface area contributed by atoms with Crippen molar-refractivity contribution in [1.82, 2.24) is 10.6 Å². The summed E-state index contributed by atoms with van der Waals surface area (Å²) < 4.78 is 0.